The molecule has 26 heteroatoms. The highest BCUT2D eigenvalue weighted by atomic mass is 16.3. The van der Waals surface area contributed by atoms with Crippen LogP contribution in [0.25, 0.3) is 22.3 Å². The summed E-state index contributed by atoms with van der Waals surface area (Å²) in [6.07, 6.45) is 8.85. The van der Waals surface area contributed by atoms with Gasteiger partial charge in [-0.15, -0.1) is 0 Å². The number of H-pyrrole nitrogens is 1. The van der Waals surface area contributed by atoms with Gasteiger partial charge in [-0.2, -0.15) is 19.9 Å². The number of imidazole rings is 4. The number of carbonyl (C=O) groups excluding carboxylic acids is 2. The smallest absolute Gasteiger partial charge is 0.315 e. The number of aliphatic hydroxyl groups is 5. The van der Waals surface area contributed by atoms with Crippen LogP contribution in [-0.4, -0.2) is 171 Å². The van der Waals surface area contributed by atoms with E-state index in [1.54, 1.807) is 30.5 Å². The number of anilines is 4. The van der Waals surface area contributed by atoms with E-state index in [-0.39, 0.29) is 55.4 Å². The first-order valence-electron chi connectivity index (χ1n) is 29.2. The Labute approximate surface area is 484 Å². The van der Waals surface area contributed by atoms with Crippen LogP contribution in [0, 0.1) is 0 Å². The first-order valence-corrected chi connectivity index (χ1v) is 29.2. The molecule has 7 heterocycles. The molecule has 9 atom stereocenters. The van der Waals surface area contributed by atoms with Crippen LogP contribution in [0.2, 0.25) is 0 Å². The van der Waals surface area contributed by atoms with Gasteiger partial charge >= 0.3 is 6.03 Å². The molecule has 6 aromatic heterocycles. The van der Waals surface area contributed by atoms with Crippen molar-refractivity contribution in [3.8, 4) is 0 Å². The van der Waals surface area contributed by atoms with Crippen LogP contribution in [-0.2, 0) is 24.9 Å². The number of carbonyl (C=O) groups is 2. The maximum absolute atomic E-state index is 13.8. The molecule has 4 fully saturated rings. The minimum absolute atomic E-state index is 0.00162. The third-order valence-electron chi connectivity index (χ3n) is 17.2. The average Bonchev–Trinajstić information content (AvgIpc) is 2.32. The van der Waals surface area contributed by atoms with Crippen LogP contribution >= 0.6 is 0 Å². The van der Waals surface area contributed by atoms with Gasteiger partial charge in [-0.1, -0.05) is 67.6 Å². The fourth-order valence-corrected chi connectivity index (χ4v) is 12.6. The molecule has 0 spiro atoms. The second kappa shape index (κ2) is 24.5. The van der Waals surface area contributed by atoms with Crippen LogP contribution < -0.4 is 36.8 Å². The normalized spacial score (nSPS) is 25.2. The molecule has 3 amide bonds. The molecule has 442 valence electrons. The number of benzene rings is 2. The van der Waals surface area contributed by atoms with E-state index in [9.17, 15) is 35.1 Å². The summed E-state index contributed by atoms with van der Waals surface area (Å²) < 4.78 is 5.47. The number of urea groups is 1. The van der Waals surface area contributed by atoms with Crippen LogP contribution in [0.1, 0.15) is 111 Å². The van der Waals surface area contributed by atoms with E-state index >= 15 is 0 Å². The minimum atomic E-state index is -1.17. The van der Waals surface area contributed by atoms with E-state index in [1.807, 2.05) is 58.8 Å². The van der Waals surface area contributed by atoms with Gasteiger partial charge in [0, 0.05) is 82.2 Å². The standard InChI is InChI=1S/C58H73N19O7/c1-3-44(79)69-41-23-43(50(83)48(41)81)77-31-64-46-53(70-56(72-54(46)77)59-20-18-36-26-74(2)29-62-36)65-34-14-16-35(17-15-34)67-58(84)68-37-19-21-75(27-37)57-71-52(61-25-40(32-10-6-4-7-11-32)33-12-8-5-9-13-33)45-55(73-57)76(30-63-45)42-22-39(47(80)49(42)82)51-60-24-38(28-78)66-51/h4-13,24,26,29-31,34-35,37,39-43,47-50,78,80-83H,3,14-23,25,27-28H2,1-2H3,(H,60,66)(H,69,79)(H,61,71,73)(H2,67,68,84)(H2,59,65,70,72)/t34?,35?,37-,39+,41+,42-,43-,47-,48-,49+,50+/m1/s1. The van der Waals surface area contributed by atoms with Gasteiger partial charge in [0.05, 0.1) is 67.4 Å². The Morgan fingerprint density at radius 3 is 2.05 bits per heavy atom. The highest BCUT2D eigenvalue weighted by Gasteiger charge is 2.46. The average molecular weight is 1150 g/mol. The van der Waals surface area contributed by atoms with Gasteiger partial charge in [0.25, 0.3) is 0 Å². The second-order valence-electron chi connectivity index (χ2n) is 22.8. The van der Waals surface area contributed by atoms with Gasteiger partial charge in [0.2, 0.25) is 17.8 Å². The van der Waals surface area contributed by atoms with Gasteiger partial charge in [0.15, 0.2) is 34.0 Å². The number of hydrogen-bond donors (Lipinski definition) is 12. The summed E-state index contributed by atoms with van der Waals surface area (Å²) >= 11 is 0. The van der Waals surface area contributed by atoms with Gasteiger partial charge in [-0.3, -0.25) is 4.79 Å². The fraction of sp³-hybridized carbons (Fsp3) is 0.483. The van der Waals surface area contributed by atoms with Gasteiger partial charge in [0.1, 0.15) is 24.1 Å². The number of aromatic nitrogens is 12. The van der Waals surface area contributed by atoms with Crippen molar-refractivity contribution in [3.63, 3.8) is 0 Å². The molecule has 0 unspecified atom stereocenters. The monoisotopic (exact) mass is 1150 g/mol. The van der Waals surface area contributed by atoms with Crippen molar-refractivity contribution in [1.82, 2.24) is 74.5 Å². The maximum atomic E-state index is 13.8. The van der Waals surface area contributed by atoms with Crippen LogP contribution in [0.4, 0.5) is 28.3 Å². The van der Waals surface area contributed by atoms with E-state index in [2.05, 4.69) is 76.0 Å². The summed E-state index contributed by atoms with van der Waals surface area (Å²) in [6, 6.07) is 18.2. The first kappa shape index (κ1) is 56.2. The number of nitrogens with zero attached hydrogens (tertiary/aromatic N) is 12. The van der Waals surface area contributed by atoms with E-state index in [1.165, 1.54) is 6.20 Å². The van der Waals surface area contributed by atoms with Crippen molar-refractivity contribution in [2.45, 2.75) is 144 Å². The molecule has 0 bridgehead atoms. The predicted octanol–water partition coefficient (Wildman–Crippen LogP) is 3.13. The first-order chi connectivity index (χ1) is 40.9. The number of aryl methyl sites for hydroxylation is 1. The SMILES string of the molecule is CCC(=O)N[C@H]1C[C@@H](n2cnc3c(NC4CCC(NC(=O)N[C@@H]5CCN(c6nc(NCC(c7ccccc7)c7ccccc7)c7ncn([C@@H]8C[C@H](c9ncc(CO)[nH]9)[C@@H](O)[C@H]8O)c7n6)C5)CC4)nc(NCCc4cn(C)cn4)nc32)[C@H](O)[C@@H]1O. The molecule has 3 saturated carbocycles. The van der Waals surface area contributed by atoms with E-state index < -0.39 is 48.5 Å². The van der Waals surface area contributed by atoms with Gasteiger partial charge < -0.3 is 81.0 Å². The predicted molar refractivity (Wildman–Crippen MR) is 312 cm³/mol. The zero-order valence-corrected chi connectivity index (χ0v) is 46.9. The lowest BCUT2D eigenvalue weighted by Crippen LogP contribution is -2.48. The largest absolute Gasteiger partial charge is 0.390 e. The van der Waals surface area contributed by atoms with Crippen LogP contribution in [0.5, 0.6) is 0 Å². The second-order valence-corrected chi connectivity index (χ2v) is 22.8. The van der Waals surface area contributed by atoms with Gasteiger partial charge in [-0.25, -0.2) is 24.7 Å². The lowest BCUT2D eigenvalue weighted by molar-refractivity contribution is -0.122. The Morgan fingerprint density at radius 2 is 1.37 bits per heavy atom. The Bertz CT molecular complexity index is 3510. The van der Waals surface area contributed by atoms with Crippen molar-refractivity contribution in [2.24, 2.45) is 7.05 Å². The molecule has 8 aromatic rings. The van der Waals surface area contributed by atoms with E-state index in [4.69, 9.17) is 29.9 Å². The van der Waals surface area contributed by atoms with E-state index in [0.29, 0.717) is 116 Å². The number of amides is 3. The quantitative estimate of drug-likeness (QED) is 0.0521. The lowest BCUT2D eigenvalue weighted by Gasteiger charge is -2.30. The summed E-state index contributed by atoms with van der Waals surface area (Å²) in [4.78, 5) is 69.6. The Hall–Kier alpha value is -8.30. The fourth-order valence-electron chi connectivity index (χ4n) is 12.6. The molecule has 12 N–H and O–H groups in total. The Morgan fingerprint density at radius 1 is 0.702 bits per heavy atom. The zero-order chi connectivity index (χ0) is 58.0. The van der Waals surface area contributed by atoms with Crippen molar-refractivity contribution in [3.05, 3.63) is 120 Å². The molecule has 26 nitrogen and oxygen atoms in total. The molecule has 84 heavy (non-hydrogen) atoms. The number of aliphatic hydroxyl groups excluding tert-OH is 5. The van der Waals surface area contributed by atoms with Crippen LogP contribution in [0.15, 0.2) is 92.0 Å². The Kier molecular flexibility index (Phi) is 16.4. The molecular formula is C58H73N19O7. The summed E-state index contributed by atoms with van der Waals surface area (Å²) in [5, 5.41) is 74.8. The van der Waals surface area contributed by atoms with E-state index in [0.717, 1.165) is 29.7 Å². The van der Waals surface area contributed by atoms with Crippen LogP contribution in [0.3, 0.4) is 0 Å². The number of hydrogen-bond acceptors (Lipinski definition) is 19. The molecule has 0 radical (unpaired) electrons. The molecule has 12 rings (SSSR count). The third-order valence-corrected chi connectivity index (χ3v) is 17.2. The van der Waals surface area contributed by atoms with Gasteiger partial charge in [-0.05, 0) is 56.1 Å². The molecule has 1 saturated heterocycles. The summed E-state index contributed by atoms with van der Waals surface area (Å²) in [5.41, 5.74) is 5.65. The molecule has 3 aliphatic carbocycles. The molecule has 2 aromatic carbocycles. The lowest BCUT2D eigenvalue weighted by atomic mass is 9.91. The van der Waals surface area contributed by atoms with Crippen molar-refractivity contribution in [2.75, 3.05) is 47.0 Å². The third kappa shape index (κ3) is 11.8. The zero-order valence-electron chi connectivity index (χ0n) is 46.9. The summed E-state index contributed by atoms with van der Waals surface area (Å²) in [6.45, 7) is 3.50. The highest BCUT2D eigenvalue weighted by Crippen LogP contribution is 2.43. The van der Waals surface area contributed by atoms with Crippen molar-refractivity contribution in [1.29, 1.82) is 0 Å². The Balaban J connectivity index is 0.716. The van der Waals surface area contributed by atoms with Crippen molar-refractivity contribution >= 4 is 57.8 Å². The number of aromatic amines is 1. The minimum Gasteiger partial charge on any atom is -0.390 e. The number of rotatable bonds is 20. The molecule has 1 aliphatic heterocycles. The number of nitrogens with one attached hydrogen (secondary N) is 7. The topological polar surface area (TPSA) is 344 Å². The van der Waals surface area contributed by atoms with Crippen molar-refractivity contribution < 1.29 is 35.1 Å². The molecule has 4 aliphatic rings. The summed E-state index contributed by atoms with van der Waals surface area (Å²) in [7, 11) is 1.92. The highest BCUT2D eigenvalue weighted by molar-refractivity contribution is 5.86. The number of fused-ring (bicyclic) bond motifs is 2. The maximum Gasteiger partial charge on any atom is 0.315 e. The summed E-state index contributed by atoms with van der Waals surface area (Å²) in [5.74, 6) is 1.53. The molecular weight excluding hydrogens is 1070 g/mol.